The summed E-state index contributed by atoms with van der Waals surface area (Å²) in [5.74, 6) is 0. The van der Waals surface area contributed by atoms with Gasteiger partial charge in [-0.3, -0.25) is 0 Å². The molecule has 0 fully saturated rings. The molecule has 0 saturated carbocycles. The molecule has 0 spiro atoms. The van der Waals surface area contributed by atoms with Crippen molar-refractivity contribution in [1.82, 2.24) is 9.62 Å². The molecule has 1 aromatic rings. The average molecular weight is 341 g/mol. The van der Waals surface area contributed by atoms with Crippen LogP contribution < -0.4 is 10.0 Å². The van der Waals surface area contributed by atoms with Crippen LogP contribution in [0.3, 0.4) is 0 Å². The van der Waals surface area contributed by atoms with Crippen molar-refractivity contribution in [2.24, 2.45) is 0 Å². The number of anilines is 1. The van der Waals surface area contributed by atoms with Gasteiger partial charge >= 0.3 is 6.03 Å². The van der Waals surface area contributed by atoms with Gasteiger partial charge in [0, 0.05) is 25.3 Å². The van der Waals surface area contributed by atoms with E-state index < -0.39 is 10.0 Å². The summed E-state index contributed by atoms with van der Waals surface area (Å²) in [6.07, 6.45) is 2.87. The number of amides is 2. The molecule has 0 aliphatic rings. The predicted molar refractivity (Wildman–Crippen MR) is 93.1 cm³/mol. The van der Waals surface area contributed by atoms with E-state index in [2.05, 4.69) is 17.0 Å². The van der Waals surface area contributed by atoms with Gasteiger partial charge in [0.1, 0.15) is 0 Å². The summed E-state index contributed by atoms with van der Waals surface area (Å²) in [4.78, 5) is 13.8. The Kier molecular flexibility index (Phi) is 8.05. The number of benzene rings is 1. The van der Waals surface area contributed by atoms with Gasteiger partial charge in [0.15, 0.2) is 0 Å². The van der Waals surface area contributed by atoms with Crippen LogP contribution in [0.5, 0.6) is 0 Å². The third kappa shape index (κ3) is 6.19. The highest BCUT2D eigenvalue weighted by Gasteiger charge is 2.14. The van der Waals surface area contributed by atoms with Gasteiger partial charge in [-0.1, -0.05) is 19.8 Å². The summed E-state index contributed by atoms with van der Waals surface area (Å²) in [7, 11) is -3.48. The number of nitrogens with one attached hydrogen (secondary N) is 2. The van der Waals surface area contributed by atoms with Crippen LogP contribution in [0.1, 0.15) is 40.0 Å². The molecule has 0 bridgehead atoms. The van der Waals surface area contributed by atoms with Crippen molar-refractivity contribution in [2.75, 3.05) is 25.0 Å². The van der Waals surface area contributed by atoms with E-state index in [1.807, 2.05) is 13.8 Å². The highest BCUT2D eigenvalue weighted by atomic mass is 32.2. The van der Waals surface area contributed by atoms with Crippen molar-refractivity contribution in [1.29, 1.82) is 0 Å². The second-order valence-electron chi connectivity index (χ2n) is 5.23. The maximum Gasteiger partial charge on any atom is 0.321 e. The summed E-state index contributed by atoms with van der Waals surface area (Å²) < 4.78 is 26.8. The molecule has 6 nitrogen and oxygen atoms in total. The normalized spacial score (nSPS) is 11.3. The average Bonchev–Trinajstić information content (AvgIpc) is 2.53. The van der Waals surface area contributed by atoms with Gasteiger partial charge in [-0.05, 0) is 44.5 Å². The van der Waals surface area contributed by atoms with E-state index in [9.17, 15) is 13.2 Å². The lowest BCUT2D eigenvalue weighted by atomic mass is 10.3. The largest absolute Gasteiger partial charge is 0.325 e. The van der Waals surface area contributed by atoms with Gasteiger partial charge in [0.25, 0.3) is 0 Å². The summed E-state index contributed by atoms with van der Waals surface area (Å²) in [5.41, 5.74) is 0.576. The molecule has 1 aromatic carbocycles. The molecule has 0 heterocycles. The molecular formula is C16H27N3O3S. The number of urea groups is 1. The van der Waals surface area contributed by atoms with E-state index in [0.717, 1.165) is 19.3 Å². The summed E-state index contributed by atoms with van der Waals surface area (Å²) in [5, 5.41) is 2.75. The third-order valence-electron chi connectivity index (χ3n) is 3.54. The zero-order chi connectivity index (χ0) is 17.3. The molecule has 1 rings (SSSR count). The quantitative estimate of drug-likeness (QED) is 0.678. The lowest BCUT2D eigenvalue weighted by molar-refractivity contribution is 0.217. The Balaban J connectivity index is 2.67. The molecule has 0 atom stereocenters. The fourth-order valence-electron chi connectivity index (χ4n) is 2.10. The van der Waals surface area contributed by atoms with Crippen LogP contribution >= 0.6 is 0 Å². The molecule has 0 unspecified atom stereocenters. The minimum atomic E-state index is -3.48. The fraction of sp³-hybridized carbons (Fsp3) is 0.562. The van der Waals surface area contributed by atoms with E-state index >= 15 is 0 Å². The molecule has 0 saturated heterocycles. The number of rotatable bonds is 9. The monoisotopic (exact) mass is 341 g/mol. The SMILES string of the molecule is CCCCCNS(=O)(=O)c1ccc(NC(=O)N(CC)CC)cc1. The summed E-state index contributed by atoms with van der Waals surface area (Å²) in [6, 6.07) is 6.01. The predicted octanol–water partition coefficient (Wildman–Crippen LogP) is 3.03. The lowest BCUT2D eigenvalue weighted by Crippen LogP contribution is -2.34. The van der Waals surface area contributed by atoms with Crippen molar-refractivity contribution in [3.8, 4) is 0 Å². The van der Waals surface area contributed by atoms with E-state index in [1.54, 1.807) is 17.0 Å². The van der Waals surface area contributed by atoms with Gasteiger partial charge in [-0.2, -0.15) is 0 Å². The highest BCUT2D eigenvalue weighted by molar-refractivity contribution is 7.89. The number of nitrogens with zero attached hydrogens (tertiary/aromatic N) is 1. The smallest absolute Gasteiger partial charge is 0.321 e. The number of unbranched alkanes of at least 4 members (excludes halogenated alkanes) is 2. The van der Waals surface area contributed by atoms with Crippen LogP contribution in [0.2, 0.25) is 0 Å². The third-order valence-corrected chi connectivity index (χ3v) is 5.02. The molecular weight excluding hydrogens is 314 g/mol. The Hall–Kier alpha value is -1.60. The molecule has 0 radical (unpaired) electrons. The Morgan fingerprint density at radius 2 is 1.65 bits per heavy atom. The van der Waals surface area contributed by atoms with Crippen LogP contribution in [0.15, 0.2) is 29.2 Å². The van der Waals surface area contributed by atoms with Crippen molar-refractivity contribution >= 4 is 21.7 Å². The summed E-state index contributed by atoms with van der Waals surface area (Å²) >= 11 is 0. The van der Waals surface area contributed by atoms with Crippen LogP contribution in [-0.2, 0) is 10.0 Å². The van der Waals surface area contributed by atoms with Gasteiger partial charge in [-0.25, -0.2) is 17.9 Å². The molecule has 0 aromatic heterocycles. The van der Waals surface area contributed by atoms with Crippen LogP contribution in [-0.4, -0.2) is 39.0 Å². The summed E-state index contributed by atoms with van der Waals surface area (Å²) in [6.45, 7) is 7.56. The highest BCUT2D eigenvalue weighted by Crippen LogP contribution is 2.14. The van der Waals surface area contributed by atoms with Gasteiger partial charge in [-0.15, -0.1) is 0 Å². The Bertz CT molecular complexity index is 581. The van der Waals surface area contributed by atoms with Crippen LogP contribution in [0, 0.1) is 0 Å². The standard InChI is InChI=1S/C16H27N3O3S/c1-4-7-8-13-17-23(21,22)15-11-9-14(10-12-15)18-16(20)19(5-2)6-3/h9-12,17H,4-8,13H2,1-3H3,(H,18,20). The molecule has 0 aliphatic heterocycles. The molecule has 2 amide bonds. The maximum atomic E-state index is 12.1. The molecule has 0 aliphatic carbocycles. The van der Waals surface area contributed by atoms with Crippen molar-refractivity contribution in [3.05, 3.63) is 24.3 Å². The first-order valence-corrected chi connectivity index (χ1v) is 9.58. The molecule has 2 N–H and O–H groups in total. The molecule has 130 valence electrons. The van der Waals surface area contributed by atoms with E-state index in [-0.39, 0.29) is 10.9 Å². The first-order chi connectivity index (χ1) is 10.9. The van der Waals surface area contributed by atoms with Crippen LogP contribution in [0.4, 0.5) is 10.5 Å². The molecule has 23 heavy (non-hydrogen) atoms. The number of sulfonamides is 1. The Morgan fingerprint density at radius 1 is 1.04 bits per heavy atom. The van der Waals surface area contributed by atoms with Crippen molar-refractivity contribution < 1.29 is 13.2 Å². The first kappa shape index (κ1) is 19.4. The number of hydrogen-bond acceptors (Lipinski definition) is 3. The zero-order valence-corrected chi connectivity index (χ0v) is 14.9. The maximum absolute atomic E-state index is 12.1. The second kappa shape index (κ2) is 9.52. The van der Waals surface area contributed by atoms with E-state index in [0.29, 0.717) is 25.3 Å². The minimum absolute atomic E-state index is 0.191. The van der Waals surface area contributed by atoms with Crippen LogP contribution in [0.25, 0.3) is 0 Å². The minimum Gasteiger partial charge on any atom is -0.325 e. The lowest BCUT2D eigenvalue weighted by Gasteiger charge is -2.19. The second-order valence-corrected chi connectivity index (χ2v) is 7.00. The zero-order valence-electron chi connectivity index (χ0n) is 14.1. The number of carbonyl (C=O) groups is 1. The number of hydrogen-bond donors (Lipinski definition) is 2. The van der Waals surface area contributed by atoms with E-state index in [1.165, 1.54) is 12.1 Å². The molecule has 7 heteroatoms. The fourth-order valence-corrected chi connectivity index (χ4v) is 3.17. The topological polar surface area (TPSA) is 78.5 Å². The first-order valence-electron chi connectivity index (χ1n) is 8.10. The van der Waals surface area contributed by atoms with Gasteiger partial charge in [0.2, 0.25) is 10.0 Å². The van der Waals surface area contributed by atoms with E-state index in [4.69, 9.17) is 0 Å². The van der Waals surface area contributed by atoms with Gasteiger partial charge in [0.05, 0.1) is 4.90 Å². The number of carbonyl (C=O) groups excluding carboxylic acids is 1. The Labute approximate surface area is 139 Å². The van der Waals surface area contributed by atoms with Gasteiger partial charge < -0.3 is 10.2 Å². The Morgan fingerprint density at radius 3 is 2.17 bits per heavy atom. The van der Waals surface area contributed by atoms with Crippen molar-refractivity contribution in [2.45, 2.75) is 44.9 Å². The van der Waals surface area contributed by atoms with Crippen molar-refractivity contribution in [3.63, 3.8) is 0 Å².